The van der Waals surface area contributed by atoms with Crippen molar-refractivity contribution in [2.75, 3.05) is 0 Å². The van der Waals surface area contributed by atoms with Gasteiger partial charge in [0.2, 0.25) is 0 Å². The third-order valence-electron chi connectivity index (χ3n) is 1.62. The molecule has 1 atom stereocenters. The Hall–Kier alpha value is -0.560. The highest BCUT2D eigenvalue weighted by Crippen LogP contribution is 2.07. The molecule has 0 heterocycles. The molecule has 0 aromatic heterocycles. The fourth-order valence-corrected chi connectivity index (χ4v) is 1.08. The fraction of sp³-hybridized carbons (Fsp3) is 0.636. The Morgan fingerprint density at radius 1 is 1.33 bits per heavy atom. The lowest BCUT2D eigenvalue weighted by atomic mass is 10.1. The first-order valence-electron chi connectivity index (χ1n) is 4.51. The lowest BCUT2D eigenvalue weighted by Crippen LogP contribution is -1.94. The van der Waals surface area contributed by atoms with Crippen molar-refractivity contribution in [2.45, 2.75) is 46.6 Å². The zero-order chi connectivity index (χ0) is 9.56. The molecule has 0 aromatic carbocycles. The second-order valence-corrected chi connectivity index (χ2v) is 3.57. The number of allylic oxidation sites excluding steroid dienone is 3. The minimum Gasteiger partial charge on any atom is -0.389 e. The average Bonchev–Trinajstić information content (AvgIpc) is 1.84. The normalized spacial score (nSPS) is 14.2. The second-order valence-electron chi connectivity index (χ2n) is 3.57. The molecule has 0 fully saturated rings. The maximum Gasteiger partial charge on any atom is 0.0695 e. The Bertz CT molecular complexity index is 171. The molecule has 1 heteroatoms. The van der Waals surface area contributed by atoms with Crippen LogP contribution in [0, 0.1) is 0 Å². The molecule has 0 aliphatic rings. The van der Waals surface area contributed by atoms with Gasteiger partial charge in [0, 0.05) is 0 Å². The van der Waals surface area contributed by atoms with E-state index >= 15 is 0 Å². The molecule has 0 rings (SSSR count). The maximum atomic E-state index is 9.04. The molecule has 12 heavy (non-hydrogen) atoms. The standard InChI is InChI=1S/C11H20O/c1-9(2)6-5-7-10(3)8-11(4)12/h6,8,11-12H,5,7H2,1-4H3/b10-8-/t11-/m1/s1. The van der Waals surface area contributed by atoms with Gasteiger partial charge in [0.1, 0.15) is 0 Å². The Morgan fingerprint density at radius 2 is 1.92 bits per heavy atom. The van der Waals surface area contributed by atoms with Crippen molar-refractivity contribution in [1.29, 1.82) is 0 Å². The minimum atomic E-state index is -0.309. The zero-order valence-corrected chi connectivity index (χ0v) is 8.59. The SMILES string of the molecule is CC(C)=CCC/C(C)=C\[C@@H](C)O. The van der Waals surface area contributed by atoms with Gasteiger partial charge in [-0.1, -0.05) is 23.3 Å². The van der Waals surface area contributed by atoms with Crippen LogP contribution in [0.15, 0.2) is 23.3 Å². The highest BCUT2D eigenvalue weighted by atomic mass is 16.3. The predicted octanol–water partition coefficient (Wildman–Crippen LogP) is 3.06. The van der Waals surface area contributed by atoms with E-state index in [0.29, 0.717) is 0 Å². The van der Waals surface area contributed by atoms with E-state index in [0.717, 1.165) is 12.8 Å². The summed E-state index contributed by atoms with van der Waals surface area (Å²) in [6.07, 6.45) is 5.95. The molecule has 0 amide bonds. The molecule has 1 nitrogen and oxygen atoms in total. The summed E-state index contributed by atoms with van der Waals surface area (Å²) in [5.74, 6) is 0. The van der Waals surface area contributed by atoms with Crippen LogP contribution in [0.4, 0.5) is 0 Å². The van der Waals surface area contributed by atoms with Gasteiger partial charge in [0.15, 0.2) is 0 Å². The molecule has 0 aromatic rings. The molecule has 0 aliphatic carbocycles. The molecule has 0 radical (unpaired) electrons. The molecular formula is C11H20O. The van der Waals surface area contributed by atoms with E-state index < -0.39 is 0 Å². The van der Waals surface area contributed by atoms with Gasteiger partial charge < -0.3 is 5.11 Å². The van der Waals surface area contributed by atoms with Gasteiger partial charge in [-0.15, -0.1) is 0 Å². The van der Waals surface area contributed by atoms with Gasteiger partial charge in [-0.3, -0.25) is 0 Å². The van der Waals surface area contributed by atoms with Gasteiger partial charge >= 0.3 is 0 Å². The van der Waals surface area contributed by atoms with Gasteiger partial charge in [0.05, 0.1) is 6.10 Å². The van der Waals surface area contributed by atoms with E-state index in [2.05, 4.69) is 26.8 Å². The fourth-order valence-electron chi connectivity index (χ4n) is 1.08. The number of hydrogen-bond donors (Lipinski definition) is 1. The van der Waals surface area contributed by atoms with Crippen LogP contribution in [0.2, 0.25) is 0 Å². The maximum absolute atomic E-state index is 9.04. The third kappa shape index (κ3) is 7.55. The van der Waals surface area contributed by atoms with Gasteiger partial charge in [-0.25, -0.2) is 0 Å². The van der Waals surface area contributed by atoms with E-state index in [1.807, 2.05) is 6.08 Å². The summed E-state index contributed by atoms with van der Waals surface area (Å²) in [7, 11) is 0. The van der Waals surface area contributed by atoms with E-state index in [-0.39, 0.29) is 6.10 Å². The zero-order valence-electron chi connectivity index (χ0n) is 8.59. The number of rotatable bonds is 4. The summed E-state index contributed by atoms with van der Waals surface area (Å²) < 4.78 is 0. The molecule has 0 unspecified atom stereocenters. The van der Waals surface area contributed by atoms with Crippen LogP contribution >= 0.6 is 0 Å². The molecular weight excluding hydrogens is 148 g/mol. The average molecular weight is 168 g/mol. The first kappa shape index (κ1) is 11.4. The van der Waals surface area contributed by atoms with Crippen LogP contribution in [0.25, 0.3) is 0 Å². The Morgan fingerprint density at radius 3 is 2.33 bits per heavy atom. The molecule has 0 aliphatic heterocycles. The quantitative estimate of drug-likeness (QED) is 0.640. The first-order chi connectivity index (χ1) is 5.52. The summed E-state index contributed by atoms with van der Waals surface area (Å²) >= 11 is 0. The lowest BCUT2D eigenvalue weighted by molar-refractivity contribution is 0.243. The van der Waals surface area contributed by atoms with E-state index in [1.54, 1.807) is 6.92 Å². The third-order valence-corrected chi connectivity index (χ3v) is 1.62. The predicted molar refractivity (Wildman–Crippen MR) is 54.1 cm³/mol. The molecule has 0 bridgehead atoms. The highest BCUT2D eigenvalue weighted by Gasteiger charge is 1.91. The first-order valence-corrected chi connectivity index (χ1v) is 4.51. The van der Waals surface area contributed by atoms with Crippen LogP contribution in [0.3, 0.4) is 0 Å². The molecule has 1 N–H and O–H groups in total. The largest absolute Gasteiger partial charge is 0.389 e. The van der Waals surface area contributed by atoms with Crippen molar-refractivity contribution in [2.24, 2.45) is 0 Å². The Kier molecular flexibility index (Phi) is 5.73. The second kappa shape index (κ2) is 6.01. The molecule has 0 saturated heterocycles. The number of aliphatic hydroxyl groups is 1. The summed E-state index contributed by atoms with van der Waals surface area (Å²) in [6, 6.07) is 0. The topological polar surface area (TPSA) is 20.2 Å². The van der Waals surface area contributed by atoms with Crippen LogP contribution in [-0.2, 0) is 0 Å². The Labute approximate surface area is 75.8 Å². The van der Waals surface area contributed by atoms with Gasteiger partial charge in [0.25, 0.3) is 0 Å². The van der Waals surface area contributed by atoms with Crippen molar-refractivity contribution >= 4 is 0 Å². The molecule has 0 saturated carbocycles. The highest BCUT2D eigenvalue weighted by molar-refractivity contribution is 5.03. The molecule has 70 valence electrons. The number of hydrogen-bond acceptors (Lipinski definition) is 1. The lowest BCUT2D eigenvalue weighted by Gasteiger charge is -2.00. The van der Waals surface area contributed by atoms with E-state index in [1.165, 1.54) is 11.1 Å². The monoisotopic (exact) mass is 168 g/mol. The van der Waals surface area contributed by atoms with E-state index in [9.17, 15) is 0 Å². The summed E-state index contributed by atoms with van der Waals surface area (Å²) in [5, 5.41) is 9.04. The van der Waals surface area contributed by atoms with Gasteiger partial charge in [-0.2, -0.15) is 0 Å². The minimum absolute atomic E-state index is 0.309. The summed E-state index contributed by atoms with van der Waals surface area (Å²) in [5.41, 5.74) is 2.63. The van der Waals surface area contributed by atoms with E-state index in [4.69, 9.17) is 5.11 Å². The van der Waals surface area contributed by atoms with Crippen molar-refractivity contribution in [3.8, 4) is 0 Å². The van der Waals surface area contributed by atoms with Crippen LogP contribution < -0.4 is 0 Å². The van der Waals surface area contributed by atoms with Crippen molar-refractivity contribution in [3.05, 3.63) is 23.3 Å². The van der Waals surface area contributed by atoms with Crippen LogP contribution in [0.5, 0.6) is 0 Å². The van der Waals surface area contributed by atoms with Gasteiger partial charge in [-0.05, 0) is 40.5 Å². The van der Waals surface area contributed by atoms with Crippen LogP contribution in [-0.4, -0.2) is 11.2 Å². The molecule has 0 spiro atoms. The van der Waals surface area contributed by atoms with Crippen molar-refractivity contribution in [3.63, 3.8) is 0 Å². The number of aliphatic hydroxyl groups excluding tert-OH is 1. The smallest absolute Gasteiger partial charge is 0.0695 e. The van der Waals surface area contributed by atoms with Crippen LogP contribution in [0.1, 0.15) is 40.5 Å². The summed E-state index contributed by atoms with van der Waals surface area (Å²) in [4.78, 5) is 0. The van der Waals surface area contributed by atoms with Crippen molar-refractivity contribution in [1.82, 2.24) is 0 Å². The Balaban J connectivity index is 3.71. The van der Waals surface area contributed by atoms with Crippen molar-refractivity contribution < 1.29 is 5.11 Å². The summed E-state index contributed by atoms with van der Waals surface area (Å²) in [6.45, 7) is 8.05.